The normalized spacial score (nSPS) is 11.3. The number of ether oxygens (including phenoxy) is 1. The molecule has 0 aliphatic rings. The van der Waals surface area contributed by atoms with E-state index in [-0.39, 0.29) is 5.69 Å². The number of fused-ring (bicyclic) bond motifs is 1. The second-order valence-electron chi connectivity index (χ2n) is 5.67. The predicted octanol–water partition coefficient (Wildman–Crippen LogP) is 3.46. The van der Waals surface area contributed by atoms with Crippen LogP contribution in [0.15, 0.2) is 46.2 Å². The highest BCUT2D eigenvalue weighted by atomic mass is 16.5. The van der Waals surface area contributed by atoms with Gasteiger partial charge in [-0.1, -0.05) is 0 Å². The lowest BCUT2D eigenvalue weighted by Crippen LogP contribution is -2.21. The van der Waals surface area contributed by atoms with Gasteiger partial charge in [0.15, 0.2) is 0 Å². The number of H-pyrrole nitrogens is 2. The summed E-state index contributed by atoms with van der Waals surface area (Å²) in [4.78, 5) is 23.6. The predicted molar refractivity (Wildman–Crippen MR) is 103 cm³/mol. The van der Waals surface area contributed by atoms with E-state index >= 15 is 0 Å². The number of nitrogens with one attached hydrogen (secondary N) is 2. The molecule has 0 spiro atoms. The summed E-state index contributed by atoms with van der Waals surface area (Å²) < 4.78 is 5.52. The number of aromatic amines is 2. The highest BCUT2D eigenvalue weighted by Crippen LogP contribution is 2.25. The SMILES string of the molecule is CCN(CC)c1ccc(C=Nc2ccc3[nH]c(=O)[nH]c3c2)c(OC)c1. The van der Waals surface area contributed by atoms with Crippen LogP contribution in [0.4, 0.5) is 11.4 Å². The van der Waals surface area contributed by atoms with Gasteiger partial charge in [-0.3, -0.25) is 4.99 Å². The van der Waals surface area contributed by atoms with E-state index in [0.717, 1.165) is 46.8 Å². The third-order valence-corrected chi connectivity index (χ3v) is 4.20. The number of rotatable bonds is 6. The van der Waals surface area contributed by atoms with Gasteiger partial charge >= 0.3 is 5.69 Å². The van der Waals surface area contributed by atoms with Crippen LogP contribution >= 0.6 is 0 Å². The Morgan fingerprint density at radius 2 is 1.84 bits per heavy atom. The van der Waals surface area contributed by atoms with Crippen LogP contribution in [0.2, 0.25) is 0 Å². The van der Waals surface area contributed by atoms with Crippen molar-refractivity contribution in [2.45, 2.75) is 13.8 Å². The molecule has 3 aromatic rings. The molecule has 1 aromatic heterocycles. The summed E-state index contributed by atoms with van der Waals surface area (Å²) >= 11 is 0. The summed E-state index contributed by atoms with van der Waals surface area (Å²) in [5.41, 5.74) is 4.09. The van der Waals surface area contributed by atoms with Crippen molar-refractivity contribution in [3.63, 3.8) is 0 Å². The molecule has 6 heteroatoms. The summed E-state index contributed by atoms with van der Waals surface area (Å²) in [5, 5.41) is 0. The molecular formula is C19H22N4O2. The van der Waals surface area contributed by atoms with E-state index in [1.807, 2.05) is 30.3 Å². The average Bonchev–Trinajstić information content (AvgIpc) is 3.00. The van der Waals surface area contributed by atoms with Crippen molar-refractivity contribution in [1.82, 2.24) is 9.97 Å². The van der Waals surface area contributed by atoms with Gasteiger partial charge in [-0.25, -0.2) is 4.79 Å². The fraction of sp³-hybridized carbons (Fsp3) is 0.263. The van der Waals surface area contributed by atoms with Crippen molar-refractivity contribution in [2.24, 2.45) is 4.99 Å². The van der Waals surface area contributed by atoms with Crippen LogP contribution < -0.4 is 15.3 Å². The third kappa shape index (κ3) is 3.57. The number of hydrogen-bond donors (Lipinski definition) is 2. The van der Waals surface area contributed by atoms with Gasteiger partial charge in [0.1, 0.15) is 5.75 Å². The number of imidazole rings is 1. The number of nitrogens with zero attached hydrogens (tertiary/aromatic N) is 2. The van der Waals surface area contributed by atoms with E-state index in [0.29, 0.717) is 0 Å². The minimum Gasteiger partial charge on any atom is -0.496 e. The Balaban J connectivity index is 1.89. The molecule has 2 N–H and O–H groups in total. The average molecular weight is 338 g/mol. The first kappa shape index (κ1) is 16.8. The fourth-order valence-corrected chi connectivity index (χ4v) is 2.84. The van der Waals surface area contributed by atoms with Gasteiger partial charge in [0.05, 0.1) is 23.8 Å². The Morgan fingerprint density at radius 1 is 1.08 bits per heavy atom. The van der Waals surface area contributed by atoms with E-state index in [4.69, 9.17) is 4.74 Å². The molecule has 0 bridgehead atoms. The van der Waals surface area contributed by atoms with E-state index in [1.165, 1.54) is 0 Å². The van der Waals surface area contributed by atoms with Crippen molar-refractivity contribution in [3.8, 4) is 5.75 Å². The number of anilines is 1. The first-order valence-electron chi connectivity index (χ1n) is 8.33. The highest BCUT2D eigenvalue weighted by Gasteiger charge is 2.07. The Kier molecular flexibility index (Phi) is 4.88. The summed E-state index contributed by atoms with van der Waals surface area (Å²) in [5.74, 6) is 0.782. The zero-order chi connectivity index (χ0) is 17.8. The van der Waals surface area contributed by atoms with E-state index < -0.39 is 0 Å². The molecule has 0 radical (unpaired) electrons. The van der Waals surface area contributed by atoms with Crippen LogP contribution in [0.1, 0.15) is 19.4 Å². The minimum absolute atomic E-state index is 0.218. The second-order valence-corrected chi connectivity index (χ2v) is 5.67. The first-order valence-corrected chi connectivity index (χ1v) is 8.33. The second kappa shape index (κ2) is 7.25. The van der Waals surface area contributed by atoms with Crippen LogP contribution in [-0.4, -0.2) is 36.4 Å². The van der Waals surface area contributed by atoms with Crippen LogP contribution in [0.5, 0.6) is 5.75 Å². The van der Waals surface area contributed by atoms with Crippen LogP contribution in [0.25, 0.3) is 11.0 Å². The zero-order valence-electron chi connectivity index (χ0n) is 14.7. The molecule has 0 unspecified atom stereocenters. The van der Waals surface area contributed by atoms with Crippen LogP contribution in [0, 0.1) is 0 Å². The number of aromatic nitrogens is 2. The zero-order valence-corrected chi connectivity index (χ0v) is 14.7. The topological polar surface area (TPSA) is 73.5 Å². The Hall–Kier alpha value is -3.02. The van der Waals surface area contributed by atoms with Gasteiger partial charge in [-0.2, -0.15) is 0 Å². The molecule has 25 heavy (non-hydrogen) atoms. The molecule has 1 heterocycles. The van der Waals surface area contributed by atoms with Crippen molar-refractivity contribution < 1.29 is 4.74 Å². The lowest BCUT2D eigenvalue weighted by molar-refractivity contribution is 0.414. The lowest BCUT2D eigenvalue weighted by atomic mass is 10.1. The number of benzene rings is 2. The number of hydrogen-bond acceptors (Lipinski definition) is 4. The summed E-state index contributed by atoms with van der Waals surface area (Å²) in [6.45, 7) is 6.16. The quantitative estimate of drug-likeness (QED) is 0.676. The Labute approximate surface area is 146 Å². The maximum Gasteiger partial charge on any atom is 0.323 e. The van der Waals surface area contributed by atoms with E-state index in [1.54, 1.807) is 13.3 Å². The monoisotopic (exact) mass is 338 g/mol. The molecule has 0 saturated carbocycles. The van der Waals surface area contributed by atoms with Gasteiger partial charge in [0, 0.05) is 36.6 Å². The Morgan fingerprint density at radius 3 is 2.56 bits per heavy atom. The van der Waals surface area contributed by atoms with Crippen molar-refractivity contribution in [1.29, 1.82) is 0 Å². The minimum atomic E-state index is -0.218. The van der Waals surface area contributed by atoms with Crippen LogP contribution in [-0.2, 0) is 0 Å². The molecule has 6 nitrogen and oxygen atoms in total. The van der Waals surface area contributed by atoms with Crippen molar-refractivity contribution in [3.05, 3.63) is 52.4 Å². The molecular weight excluding hydrogens is 316 g/mol. The molecule has 0 aliphatic carbocycles. The lowest BCUT2D eigenvalue weighted by Gasteiger charge is -2.22. The molecule has 2 aromatic carbocycles. The van der Waals surface area contributed by atoms with Gasteiger partial charge in [-0.15, -0.1) is 0 Å². The number of aliphatic imine (C=N–C) groups is 1. The van der Waals surface area contributed by atoms with E-state index in [2.05, 4.69) is 39.8 Å². The van der Waals surface area contributed by atoms with Gasteiger partial charge < -0.3 is 19.6 Å². The third-order valence-electron chi connectivity index (χ3n) is 4.20. The largest absolute Gasteiger partial charge is 0.496 e. The van der Waals surface area contributed by atoms with E-state index in [9.17, 15) is 4.79 Å². The summed E-state index contributed by atoms with van der Waals surface area (Å²) in [6.07, 6.45) is 1.77. The Bertz CT molecular complexity index is 951. The fourth-order valence-electron chi connectivity index (χ4n) is 2.84. The summed E-state index contributed by atoms with van der Waals surface area (Å²) in [6, 6.07) is 11.6. The molecule has 3 rings (SSSR count). The van der Waals surface area contributed by atoms with Crippen molar-refractivity contribution in [2.75, 3.05) is 25.1 Å². The highest BCUT2D eigenvalue weighted by molar-refractivity contribution is 5.87. The molecule has 0 atom stereocenters. The molecule has 0 amide bonds. The van der Waals surface area contributed by atoms with Gasteiger partial charge in [0.2, 0.25) is 0 Å². The maximum atomic E-state index is 11.3. The smallest absolute Gasteiger partial charge is 0.323 e. The molecule has 130 valence electrons. The van der Waals surface area contributed by atoms with Crippen LogP contribution in [0.3, 0.4) is 0 Å². The first-order chi connectivity index (χ1) is 12.1. The molecule has 0 saturated heterocycles. The van der Waals surface area contributed by atoms with Crippen molar-refractivity contribution >= 4 is 28.6 Å². The van der Waals surface area contributed by atoms with Gasteiger partial charge in [0.25, 0.3) is 0 Å². The summed E-state index contributed by atoms with van der Waals surface area (Å²) in [7, 11) is 1.66. The molecule has 0 aliphatic heterocycles. The maximum absolute atomic E-state index is 11.3. The number of methoxy groups -OCH3 is 1. The molecule has 0 fully saturated rings. The standard InChI is InChI=1S/C19H22N4O2/c1-4-23(5-2)15-8-6-13(18(11-15)25-3)12-20-14-7-9-16-17(10-14)22-19(24)21-16/h6-12H,4-5H2,1-3H3,(H2,21,22,24). The van der Waals surface area contributed by atoms with Gasteiger partial charge in [-0.05, 0) is 44.2 Å².